The van der Waals surface area contributed by atoms with Crippen molar-refractivity contribution in [2.24, 2.45) is 0 Å². The molecule has 0 bridgehead atoms. The zero-order valence-corrected chi connectivity index (χ0v) is 9.60. The van der Waals surface area contributed by atoms with Gasteiger partial charge in [0.15, 0.2) is 0 Å². The fraction of sp³-hybridized carbons (Fsp3) is 0.231. The Morgan fingerprint density at radius 2 is 2.12 bits per heavy atom. The number of ether oxygens (including phenoxy) is 1. The number of aromatic carboxylic acids is 1. The molecule has 0 saturated heterocycles. The first-order valence-corrected chi connectivity index (χ1v) is 5.15. The highest BCUT2D eigenvalue weighted by Crippen LogP contribution is 2.06. The fourth-order valence-electron chi connectivity index (χ4n) is 1.24. The third-order valence-electron chi connectivity index (χ3n) is 2.15. The van der Waals surface area contributed by atoms with Gasteiger partial charge in [0.1, 0.15) is 0 Å². The summed E-state index contributed by atoms with van der Waals surface area (Å²) in [5.74, 6) is -1.40. The van der Waals surface area contributed by atoms with Gasteiger partial charge in [-0.15, -0.1) is 0 Å². The molecule has 0 heterocycles. The number of benzene rings is 1. The van der Waals surface area contributed by atoms with Crippen molar-refractivity contribution in [1.82, 2.24) is 0 Å². The second-order valence-corrected chi connectivity index (χ2v) is 3.67. The average Bonchev–Trinajstić information content (AvgIpc) is 2.29. The lowest BCUT2D eigenvalue weighted by Crippen LogP contribution is -2.08. The van der Waals surface area contributed by atoms with Crippen LogP contribution in [-0.2, 0) is 16.0 Å². The van der Waals surface area contributed by atoms with E-state index in [1.54, 1.807) is 25.1 Å². The molecule has 1 rings (SSSR count). The molecule has 0 aromatic heterocycles. The summed E-state index contributed by atoms with van der Waals surface area (Å²) in [4.78, 5) is 21.8. The van der Waals surface area contributed by atoms with Crippen molar-refractivity contribution in [3.63, 3.8) is 0 Å². The molecule has 0 saturated carbocycles. The van der Waals surface area contributed by atoms with Crippen molar-refractivity contribution in [3.8, 4) is 0 Å². The maximum absolute atomic E-state index is 11.1. The molecule has 0 fully saturated rings. The van der Waals surface area contributed by atoms with Gasteiger partial charge >= 0.3 is 11.9 Å². The lowest BCUT2D eigenvalue weighted by Gasteiger charge is -2.05. The van der Waals surface area contributed by atoms with Crippen LogP contribution >= 0.6 is 0 Å². The summed E-state index contributed by atoms with van der Waals surface area (Å²) >= 11 is 0. The van der Waals surface area contributed by atoms with E-state index >= 15 is 0 Å². The van der Waals surface area contributed by atoms with Crippen LogP contribution < -0.4 is 0 Å². The third kappa shape index (κ3) is 4.10. The number of carbonyl (C=O) groups is 2. The van der Waals surface area contributed by atoms with E-state index in [4.69, 9.17) is 9.84 Å². The minimum Gasteiger partial charge on any atom is -0.478 e. The van der Waals surface area contributed by atoms with Gasteiger partial charge in [-0.2, -0.15) is 0 Å². The number of carboxylic acid groups (broad SMARTS) is 1. The van der Waals surface area contributed by atoms with Crippen molar-refractivity contribution < 1.29 is 19.4 Å². The summed E-state index contributed by atoms with van der Waals surface area (Å²) < 4.78 is 4.92. The standard InChI is InChI=1S/C13H14O4/c1-9(2)13(16)17-7-6-10-4-3-5-11(8-10)12(14)15/h3-5,8H,1,6-7H2,2H3,(H,14,15). The Balaban J connectivity index is 2.52. The summed E-state index contributed by atoms with van der Waals surface area (Å²) in [6, 6.07) is 6.54. The van der Waals surface area contributed by atoms with Gasteiger partial charge in [0.2, 0.25) is 0 Å². The molecule has 1 aromatic rings. The van der Waals surface area contributed by atoms with Crippen LogP contribution in [0.5, 0.6) is 0 Å². The van der Waals surface area contributed by atoms with Crippen molar-refractivity contribution in [1.29, 1.82) is 0 Å². The topological polar surface area (TPSA) is 63.6 Å². The average molecular weight is 234 g/mol. The van der Waals surface area contributed by atoms with E-state index in [1.807, 2.05) is 0 Å². The highest BCUT2D eigenvalue weighted by Gasteiger charge is 2.05. The van der Waals surface area contributed by atoms with Crippen LogP contribution in [0.15, 0.2) is 36.4 Å². The number of hydrogen-bond donors (Lipinski definition) is 1. The molecule has 0 aliphatic carbocycles. The quantitative estimate of drug-likeness (QED) is 0.625. The van der Waals surface area contributed by atoms with Gasteiger partial charge in [-0.3, -0.25) is 0 Å². The fourth-order valence-corrected chi connectivity index (χ4v) is 1.24. The molecule has 4 nitrogen and oxygen atoms in total. The number of carbonyl (C=O) groups excluding carboxylic acids is 1. The van der Waals surface area contributed by atoms with Gasteiger partial charge in [0.05, 0.1) is 12.2 Å². The molecule has 17 heavy (non-hydrogen) atoms. The van der Waals surface area contributed by atoms with Crippen LogP contribution in [0.4, 0.5) is 0 Å². The summed E-state index contributed by atoms with van der Waals surface area (Å²) in [5, 5.41) is 8.80. The van der Waals surface area contributed by atoms with E-state index in [0.717, 1.165) is 5.56 Å². The minimum absolute atomic E-state index is 0.217. The van der Waals surface area contributed by atoms with Gasteiger partial charge in [-0.05, 0) is 24.6 Å². The number of rotatable bonds is 5. The molecule has 0 radical (unpaired) electrons. The highest BCUT2D eigenvalue weighted by molar-refractivity contribution is 5.88. The summed E-state index contributed by atoms with van der Waals surface area (Å²) in [5.41, 5.74) is 1.40. The van der Waals surface area contributed by atoms with Gasteiger partial charge in [-0.1, -0.05) is 18.7 Å². The first-order valence-electron chi connectivity index (χ1n) is 5.15. The Labute approximate surface area is 99.5 Å². The van der Waals surface area contributed by atoms with Crippen LogP contribution in [0, 0.1) is 0 Å². The Morgan fingerprint density at radius 3 is 2.71 bits per heavy atom. The van der Waals surface area contributed by atoms with Gasteiger partial charge < -0.3 is 9.84 Å². The Morgan fingerprint density at radius 1 is 1.41 bits per heavy atom. The molecule has 0 amide bonds. The first-order chi connectivity index (χ1) is 8.00. The smallest absolute Gasteiger partial charge is 0.335 e. The maximum atomic E-state index is 11.1. The highest BCUT2D eigenvalue weighted by atomic mass is 16.5. The molecule has 4 heteroatoms. The number of esters is 1. The predicted molar refractivity (Wildman–Crippen MR) is 62.9 cm³/mol. The third-order valence-corrected chi connectivity index (χ3v) is 2.15. The number of hydrogen-bond acceptors (Lipinski definition) is 3. The van der Waals surface area contributed by atoms with E-state index in [1.165, 1.54) is 6.07 Å². The molecule has 1 aromatic carbocycles. The van der Waals surface area contributed by atoms with Gasteiger partial charge in [0.25, 0.3) is 0 Å². The van der Waals surface area contributed by atoms with Crippen LogP contribution in [0.1, 0.15) is 22.8 Å². The zero-order valence-electron chi connectivity index (χ0n) is 9.60. The van der Waals surface area contributed by atoms with Crippen molar-refractivity contribution in [2.75, 3.05) is 6.61 Å². The maximum Gasteiger partial charge on any atom is 0.335 e. The first kappa shape index (κ1) is 13.0. The van der Waals surface area contributed by atoms with Gasteiger partial charge in [-0.25, -0.2) is 9.59 Å². The predicted octanol–water partition coefficient (Wildman–Crippen LogP) is 2.05. The van der Waals surface area contributed by atoms with Gasteiger partial charge in [0, 0.05) is 12.0 Å². The van der Waals surface area contributed by atoms with Crippen LogP contribution in [0.25, 0.3) is 0 Å². The van der Waals surface area contributed by atoms with Crippen molar-refractivity contribution in [3.05, 3.63) is 47.5 Å². The Hall–Kier alpha value is -2.10. The lowest BCUT2D eigenvalue weighted by atomic mass is 10.1. The van der Waals surface area contributed by atoms with E-state index in [-0.39, 0.29) is 12.2 Å². The molecule has 0 unspecified atom stereocenters. The molecule has 0 atom stereocenters. The van der Waals surface area contributed by atoms with Crippen molar-refractivity contribution in [2.45, 2.75) is 13.3 Å². The summed E-state index contributed by atoms with van der Waals surface area (Å²) in [6.07, 6.45) is 0.486. The molecule has 1 N–H and O–H groups in total. The molecular weight excluding hydrogens is 220 g/mol. The monoisotopic (exact) mass is 234 g/mol. The van der Waals surface area contributed by atoms with E-state index in [9.17, 15) is 9.59 Å². The normalized spacial score (nSPS) is 9.71. The van der Waals surface area contributed by atoms with Crippen LogP contribution in [0.2, 0.25) is 0 Å². The van der Waals surface area contributed by atoms with E-state index < -0.39 is 11.9 Å². The van der Waals surface area contributed by atoms with Crippen LogP contribution in [0.3, 0.4) is 0 Å². The minimum atomic E-state index is -0.967. The molecular formula is C13H14O4. The summed E-state index contributed by atoms with van der Waals surface area (Å²) in [7, 11) is 0. The SMILES string of the molecule is C=C(C)C(=O)OCCc1cccc(C(=O)O)c1. The largest absolute Gasteiger partial charge is 0.478 e. The molecule has 0 aliphatic heterocycles. The van der Waals surface area contributed by atoms with Crippen molar-refractivity contribution >= 4 is 11.9 Å². The summed E-state index contributed by atoms with van der Waals surface area (Å²) in [6.45, 7) is 5.26. The Kier molecular flexibility index (Phi) is 4.46. The second kappa shape index (κ2) is 5.84. The molecule has 90 valence electrons. The zero-order chi connectivity index (χ0) is 12.8. The Bertz CT molecular complexity index is 448. The lowest BCUT2D eigenvalue weighted by molar-refractivity contribution is -0.138. The second-order valence-electron chi connectivity index (χ2n) is 3.67. The molecule has 0 aliphatic rings. The van der Waals surface area contributed by atoms with E-state index in [2.05, 4.69) is 6.58 Å². The van der Waals surface area contributed by atoms with E-state index in [0.29, 0.717) is 12.0 Å². The van der Waals surface area contributed by atoms with Crippen LogP contribution in [-0.4, -0.2) is 23.7 Å². The molecule has 0 spiro atoms. The number of carboxylic acids is 1.